The van der Waals surface area contributed by atoms with Crippen molar-refractivity contribution in [2.75, 3.05) is 0 Å². The summed E-state index contributed by atoms with van der Waals surface area (Å²) in [6, 6.07) is 8.23. The van der Waals surface area contributed by atoms with Crippen molar-refractivity contribution in [2.45, 2.75) is 6.54 Å². The maximum atomic E-state index is 13.9. The van der Waals surface area contributed by atoms with Crippen molar-refractivity contribution in [3.63, 3.8) is 0 Å². The van der Waals surface area contributed by atoms with Gasteiger partial charge in [-0.15, -0.1) is 0 Å². The molecule has 1 N–H and O–H groups in total. The zero-order valence-corrected chi connectivity index (χ0v) is 13.7. The summed E-state index contributed by atoms with van der Waals surface area (Å²) in [5, 5.41) is 9.37. The number of hydrogen-bond acceptors (Lipinski definition) is 2. The predicted molar refractivity (Wildman–Crippen MR) is 88.3 cm³/mol. The Kier molecular flexibility index (Phi) is 4.19. The van der Waals surface area contributed by atoms with Gasteiger partial charge in [-0.25, -0.2) is 13.6 Å². The summed E-state index contributed by atoms with van der Waals surface area (Å²) >= 11 is 3.23. The van der Waals surface area contributed by atoms with Gasteiger partial charge in [0, 0.05) is 21.6 Å². The van der Waals surface area contributed by atoms with Gasteiger partial charge in [0.25, 0.3) is 0 Å². The van der Waals surface area contributed by atoms with E-state index in [0.29, 0.717) is 9.99 Å². The highest BCUT2D eigenvalue weighted by atomic mass is 79.9. The van der Waals surface area contributed by atoms with Gasteiger partial charge in [-0.05, 0) is 30.3 Å². The van der Waals surface area contributed by atoms with E-state index in [1.807, 2.05) is 0 Å². The van der Waals surface area contributed by atoms with E-state index in [9.17, 15) is 23.5 Å². The summed E-state index contributed by atoms with van der Waals surface area (Å²) in [6.45, 7) is -0.239. The maximum Gasteiger partial charge on any atom is 0.341 e. The summed E-state index contributed by atoms with van der Waals surface area (Å²) in [7, 11) is 0. The largest absolute Gasteiger partial charge is 0.477 e. The van der Waals surface area contributed by atoms with Crippen LogP contribution in [0, 0.1) is 11.6 Å². The molecule has 0 spiro atoms. The molecule has 24 heavy (non-hydrogen) atoms. The molecule has 3 aromatic rings. The molecule has 0 aliphatic heterocycles. The minimum atomic E-state index is -1.40. The fraction of sp³-hybridized carbons (Fsp3) is 0.0588. The van der Waals surface area contributed by atoms with E-state index in [4.69, 9.17) is 0 Å². The average Bonchev–Trinajstić information content (AvgIpc) is 2.53. The SMILES string of the molecule is O=C(O)c1cn(Cc2c(F)cccc2F)c2ccc(Br)cc2c1=O. The van der Waals surface area contributed by atoms with Crippen molar-refractivity contribution in [3.05, 3.63) is 80.1 Å². The van der Waals surface area contributed by atoms with Crippen molar-refractivity contribution in [3.8, 4) is 0 Å². The van der Waals surface area contributed by atoms with E-state index in [1.165, 1.54) is 16.7 Å². The number of carboxylic acids is 1. The highest BCUT2D eigenvalue weighted by Gasteiger charge is 2.17. The highest BCUT2D eigenvalue weighted by molar-refractivity contribution is 9.10. The Morgan fingerprint density at radius 2 is 1.83 bits per heavy atom. The van der Waals surface area contributed by atoms with E-state index < -0.39 is 28.6 Å². The molecule has 0 saturated carbocycles. The van der Waals surface area contributed by atoms with E-state index in [0.717, 1.165) is 18.3 Å². The van der Waals surface area contributed by atoms with Gasteiger partial charge in [-0.3, -0.25) is 4.79 Å². The van der Waals surface area contributed by atoms with Crippen molar-refractivity contribution >= 4 is 32.8 Å². The lowest BCUT2D eigenvalue weighted by Crippen LogP contribution is -2.19. The molecule has 0 aliphatic rings. The van der Waals surface area contributed by atoms with Gasteiger partial charge in [0.1, 0.15) is 17.2 Å². The van der Waals surface area contributed by atoms with Crippen LogP contribution in [0.1, 0.15) is 15.9 Å². The molecule has 0 radical (unpaired) electrons. The monoisotopic (exact) mass is 393 g/mol. The molecule has 0 fully saturated rings. The van der Waals surface area contributed by atoms with Gasteiger partial charge in [-0.2, -0.15) is 0 Å². The minimum Gasteiger partial charge on any atom is -0.477 e. The maximum absolute atomic E-state index is 13.9. The Bertz CT molecular complexity index is 1010. The summed E-state index contributed by atoms with van der Waals surface area (Å²) in [4.78, 5) is 23.6. The van der Waals surface area contributed by atoms with Crippen LogP contribution in [0.25, 0.3) is 10.9 Å². The van der Waals surface area contributed by atoms with E-state index in [2.05, 4.69) is 15.9 Å². The van der Waals surface area contributed by atoms with Gasteiger partial charge >= 0.3 is 5.97 Å². The Hall–Kier alpha value is -2.54. The van der Waals surface area contributed by atoms with Gasteiger partial charge in [0.05, 0.1) is 12.1 Å². The number of benzene rings is 2. The molecule has 1 heterocycles. The third-order valence-corrected chi connectivity index (χ3v) is 4.16. The number of fused-ring (bicyclic) bond motifs is 1. The number of aromatic carboxylic acids is 1. The fourth-order valence-electron chi connectivity index (χ4n) is 2.51. The smallest absolute Gasteiger partial charge is 0.341 e. The molecule has 0 saturated heterocycles. The van der Waals surface area contributed by atoms with Gasteiger partial charge in [-0.1, -0.05) is 22.0 Å². The lowest BCUT2D eigenvalue weighted by Gasteiger charge is -2.14. The van der Waals surface area contributed by atoms with Crippen LogP contribution in [0.2, 0.25) is 0 Å². The van der Waals surface area contributed by atoms with Crippen LogP contribution in [-0.4, -0.2) is 15.6 Å². The number of carboxylic acid groups (broad SMARTS) is 1. The van der Waals surface area contributed by atoms with Crippen LogP contribution in [0.15, 0.2) is 51.9 Å². The van der Waals surface area contributed by atoms with Crippen LogP contribution in [0.5, 0.6) is 0 Å². The second kappa shape index (κ2) is 6.16. The molecule has 0 amide bonds. The molecule has 1 aromatic heterocycles. The Labute approximate surface area is 143 Å². The zero-order chi connectivity index (χ0) is 17.4. The van der Waals surface area contributed by atoms with E-state index >= 15 is 0 Å². The number of aromatic nitrogens is 1. The molecule has 2 aromatic carbocycles. The van der Waals surface area contributed by atoms with Crippen LogP contribution in [-0.2, 0) is 6.54 Å². The molecule has 7 heteroatoms. The molecular formula is C17H10BrF2NO3. The first-order valence-electron chi connectivity index (χ1n) is 6.87. The summed E-state index contributed by atoms with van der Waals surface area (Å²) in [6.07, 6.45) is 1.10. The van der Waals surface area contributed by atoms with E-state index in [-0.39, 0.29) is 17.5 Å². The zero-order valence-electron chi connectivity index (χ0n) is 12.1. The minimum absolute atomic E-state index is 0.154. The lowest BCUT2D eigenvalue weighted by molar-refractivity contribution is 0.0695. The number of halogens is 3. The topological polar surface area (TPSA) is 59.3 Å². The van der Waals surface area contributed by atoms with Crippen molar-refractivity contribution in [1.29, 1.82) is 0 Å². The Morgan fingerprint density at radius 1 is 1.17 bits per heavy atom. The van der Waals surface area contributed by atoms with Gasteiger partial charge < -0.3 is 9.67 Å². The summed E-state index contributed by atoms with van der Waals surface area (Å²) in [5.74, 6) is -2.88. The number of carbonyl (C=O) groups is 1. The molecule has 4 nitrogen and oxygen atoms in total. The lowest BCUT2D eigenvalue weighted by atomic mass is 10.1. The third kappa shape index (κ3) is 2.82. The predicted octanol–water partition coefficient (Wildman–Crippen LogP) is 3.79. The van der Waals surface area contributed by atoms with Crippen LogP contribution < -0.4 is 5.43 Å². The van der Waals surface area contributed by atoms with Crippen molar-refractivity contribution in [1.82, 2.24) is 4.57 Å². The first kappa shape index (κ1) is 16.3. The first-order valence-corrected chi connectivity index (χ1v) is 7.66. The van der Waals surface area contributed by atoms with Crippen LogP contribution >= 0.6 is 15.9 Å². The molecule has 0 atom stereocenters. The standard InChI is InChI=1S/C17H10BrF2NO3/c18-9-4-5-15-10(6-9)16(22)12(17(23)24)8-21(15)7-11-13(19)2-1-3-14(11)20/h1-6,8H,7H2,(H,23,24). The number of pyridine rings is 1. The number of hydrogen-bond donors (Lipinski definition) is 1. The fourth-order valence-corrected chi connectivity index (χ4v) is 2.87. The molecule has 122 valence electrons. The van der Waals surface area contributed by atoms with Crippen LogP contribution in [0.4, 0.5) is 8.78 Å². The highest BCUT2D eigenvalue weighted by Crippen LogP contribution is 2.21. The Morgan fingerprint density at radius 3 is 2.46 bits per heavy atom. The first-order chi connectivity index (χ1) is 11.4. The van der Waals surface area contributed by atoms with Crippen LogP contribution in [0.3, 0.4) is 0 Å². The molecule has 0 bridgehead atoms. The molecular weight excluding hydrogens is 384 g/mol. The van der Waals surface area contributed by atoms with Gasteiger partial charge in [0.15, 0.2) is 0 Å². The summed E-state index contributed by atoms with van der Waals surface area (Å²) in [5.41, 5.74) is -0.932. The number of rotatable bonds is 3. The molecule has 0 unspecified atom stereocenters. The second-order valence-corrected chi connectivity index (χ2v) is 6.08. The number of nitrogens with zero attached hydrogens (tertiary/aromatic N) is 1. The quantitative estimate of drug-likeness (QED) is 0.736. The molecule has 0 aliphatic carbocycles. The normalized spacial score (nSPS) is 11.0. The third-order valence-electron chi connectivity index (χ3n) is 3.66. The van der Waals surface area contributed by atoms with Gasteiger partial charge in [0.2, 0.25) is 5.43 Å². The second-order valence-electron chi connectivity index (χ2n) is 5.17. The summed E-state index contributed by atoms with van der Waals surface area (Å²) < 4.78 is 29.8. The average molecular weight is 394 g/mol. The Balaban J connectivity index is 2.29. The van der Waals surface area contributed by atoms with E-state index in [1.54, 1.807) is 12.1 Å². The molecule has 3 rings (SSSR count). The van der Waals surface area contributed by atoms with Crippen molar-refractivity contribution in [2.24, 2.45) is 0 Å². The van der Waals surface area contributed by atoms with Crippen molar-refractivity contribution < 1.29 is 18.7 Å².